The summed E-state index contributed by atoms with van der Waals surface area (Å²) < 4.78 is 19.4. The van der Waals surface area contributed by atoms with Gasteiger partial charge in [0.2, 0.25) is 0 Å². The average Bonchev–Trinajstić information content (AvgIpc) is 2.38. The third-order valence-electron chi connectivity index (χ3n) is 2.39. The Bertz CT molecular complexity index is 659. The van der Waals surface area contributed by atoms with E-state index in [1.165, 1.54) is 18.2 Å². The third-order valence-corrected chi connectivity index (χ3v) is 3.08. The van der Waals surface area contributed by atoms with E-state index in [1.54, 1.807) is 18.2 Å². The number of nitrogens with zero attached hydrogens (tertiary/aromatic N) is 1. The lowest BCUT2D eigenvalue weighted by Crippen LogP contribution is -2.14. The van der Waals surface area contributed by atoms with Gasteiger partial charge in [0.25, 0.3) is 0 Å². The van der Waals surface area contributed by atoms with Crippen molar-refractivity contribution in [2.75, 3.05) is 0 Å². The highest BCUT2D eigenvalue weighted by atomic mass is 79.9. The van der Waals surface area contributed by atoms with Crippen LogP contribution in [-0.4, -0.2) is 11.0 Å². The van der Waals surface area contributed by atoms with Crippen LogP contribution in [0.5, 0.6) is 11.5 Å². The molecule has 0 aliphatic carbocycles. The molecule has 0 saturated carbocycles. The van der Waals surface area contributed by atoms with E-state index in [-0.39, 0.29) is 11.6 Å². The molecule has 0 aliphatic rings. The molecule has 2 rings (SSSR count). The van der Waals surface area contributed by atoms with Crippen LogP contribution in [0.4, 0.5) is 4.39 Å². The zero-order valence-corrected chi connectivity index (χ0v) is 12.3. The minimum atomic E-state index is -0.450. The van der Waals surface area contributed by atoms with Gasteiger partial charge in [-0.25, -0.2) is 4.39 Å². The average molecular weight is 360 g/mol. The summed E-state index contributed by atoms with van der Waals surface area (Å²) >= 11 is 9.03. The molecule has 4 nitrogen and oxygen atoms in total. The number of hydrogen-bond acceptors (Lipinski definition) is 3. The number of oxime groups is 1. The Balaban J connectivity index is 2.43. The normalized spacial score (nSPS) is 11.4. The predicted molar refractivity (Wildman–Crippen MR) is 78.1 cm³/mol. The third kappa shape index (κ3) is 3.40. The van der Waals surface area contributed by atoms with Crippen molar-refractivity contribution in [3.05, 3.63) is 57.3 Å². The summed E-state index contributed by atoms with van der Waals surface area (Å²) in [6.07, 6.45) is 0. The lowest BCUT2D eigenvalue weighted by molar-refractivity contribution is 0.318. The van der Waals surface area contributed by atoms with Crippen molar-refractivity contribution >= 4 is 33.4 Å². The Hall–Kier alpha value is -1.79. The summed E-state index contributed by atoms with van der Waals surface area (Å²) in [5.74, 6) is -0.0416. The van der Waals surface area contributed by atoms with E-state index in [9.17, 15) is 4.39 Å². The van der Waals surface area contributed by atoms with E-state index in [4.69, 9.17) is 27.3 Å². The molecule has 3 N–H and O–H groups in total. The molecule has 0 atom stereocenters. The lowest BCUT2D eigenvalue weighted by atomic mass is 10.2. The zero-order valence-electron chi connectivity index (χ0n) is 9.98. The van der Waals surface area contributed by atoms with Gasteiger partial charge < -0.3 is 15.7 Å². The molecule has 2 aromatic rings. The van der Waals surface area contributed by atoms with Gasteiger partial charge in [0.05, 0.1) is 5.56 Å². The predicted octanol–water partition coefficient (Wildman–Crippen LogP) is 4.13. The van der Waals surface area contributed by atoms with Crippen LogP contribution in [0.1, 0.15) is 5.56 Å². The van der Waals surface area contributed by atoms with Gasteiger partial charge in [-0.1, -0.05) is 32.7 Å². The minimum absolute atomic E-state index is 0.155. The van der Waals surface area contributed by atoms with E-state index in [0.29, 0.717) is 20.8 Å². The van der Waals surface area contributed by atoms with Crippen molar-refractivity contribution in [3.63, 3.8) is 0 Å². The van der Waals surface area contributed by atoms with Crippen LogP contribution in [-0.2, 0) is 0 Å². The van der Waals surface area contributed by atoms with Crippen molar-refractivity contribution in [1.82, 2.24) is 0 Å². The molecule has 0 radical (unpaired) electrons. The Kier molecular flexibility index (Phi) is 4.46. The number of halogens is 3. The van der Waals surface area contributed by atoms with E-state index < -0.39 is 5.82 Å². The second kappa shape index (κ2) is 6.11. The molecule has 0 aliphatic heterocycles. The van der Waals surface area contributed by atoms with Crippen LogP contribution in [0.2, 0.25) is 5.02 Å². The molecule has 2 aromatic carbocycles. The fourth-order valence-corrected chi connectivity index (χ4v) is 2.18. The Morgan fingerprint density at radius 3 is 2.70 bits per heavy atom. The number of ether oxygens (including phenoxy) is 1. The first-order valence-corrected chi connectivity index (χ1v) is 6.58. The Morgan fingerprint density at radius 1 is 1.30 bits per heavy atom. The molecule has 0 aromatic heterocycles. The van der Waals surface area contributed by atoms with Crippen LogP contribution in [0.3, 0.4) is 0 Å². The van der Waals surface area contributed by atoms with E-state index in [0.717, 1.165) is 0 Å². The van der Waals surface area contributed by atoms with Gasteiger partial charge in [-0.05, 0) is 30.3 Å². The molecule has 20 heavy (non-hydrogen) atoms. The fourth-order valence-electron chi connectivity index (χ4n) is 1.56. The van der Waals surface area contributed by atoms with E-state index >= 15 is 0 Å². The van der Waals surface area contributed by atoms with Gasteiger partial charge in [0, 0.05) is 15.6 Å². The number of amidine groups is 1. The van der Waals surface area contributed by atoms with Gasteiger partial charge in [0.15, 0.2) is 5.84 Å². The maximum atomic E-state index is 13.3. The SMILES string of the molecule is N/C(=N/O)c1cc(Cl)ccc1Oc1cc(F)cc(Br)c1. The molecule has 0 spiro atoms. The summed E-state index contributed by atoms with van der Waals surface area (Å²) in [5.41, 5.74) is 5.86. The maximum Gasteiger partial charge on any atom is 0.173 e. The van der Waals surface area contributed by atoms with Crippen molar-refractivity contribution < 1.29 is 14.3 Å². The summed E-state index contributed by atoms with van der Waals surface area (Å²) in [6.45, 7) is 0. The van der Waals surface area contributed by atoms with Gasteiger partial charge in [-0.3, -0.25) is 0 Å². The number of nitrogens with two attached hydrogens (primary N) is 1. The summed E-state index contributed by atoms with van der Waals surface area (Å²) in [5, 5.41) is 12.1. The smallest absolute Gasteiger partial charge is 0.173 e. The monoisotopic (exact) mass is 358 g/mol. The van der Waals surface area contributed by atoms with Crippen molar-refractivity contribution in [2.24, 2.45) is 10.9 Å². The second-order valence-electron chi connectivity index (χ2n) is 3.83. The van der Waals surface area contributed by atoms with Gasteiger partial charge >= 0.3 is 0 Å². The summed E-state index contributed by atoms with van der Waals surface area (Å²) in [7, 11) is 0. The van der Waals surface area contributed by atoms with Crippen molar-refractivity contribution in [2.45, 2.75) is 0 Å². The van der Waals surface area contributed by atoms with Crippen molar-refractivity contribution in [3.8, 4) is 11.5 Å². The largest absolute Gasteiger partial charge is 0.456 e. The number of rotatable bonds is 3. The Morgan fingerprint density at radius 2 is 2.05 bits per heavy atom. The first-order chi connectivity index (χ1) is 9.49. The van der Waals surface area contributed by atoms with Gasteiger partial charge in [-0.2, -0.15) is 0 Å². The maximum absolute atomic E-state index is 13.3. The van der Waals surface area contributed by atoms with Crippen LogP contribution >= 0.6 is 27.5 Å². The van der Waals surface area contributed by atoms with Crippen LogP contribution in [0, 0.1) is 5.82 Å². The molecular formula is C13H9BrClFN2O2. The van der Waals surface area contributed by atoms with Crippen molar-refractivity contribution in [1.29, 1.82) is 0 Å². The molecule has 0 amide bonds. The molecule has 0 fully saturated rings. The van der Waals surface area contributed by atoms with Crippen LogP contribution in [0.15, 0.2) is 46.0 Å². The van der Waals surface area contributed by atoms with Crippen LogP contribution < -0.4 is 10.5 Å². The molecule has 0 saturated heterocycles. The first-order valence-electron chi connectivity index (χ1n) is 5.41. The molecular weight excluding hydrogens is 351 g/mol. The highest BCUT2D eigenvalue weighted by molar-refractivity contribution is 9.10. The quantitative estimate of drug-likeness (QED) is 0.375. The fraction of sp³-hybridized carbons (Fsp3) is 0. The molecule has 0 bridgehead atoms. The minimum Gasteiger partial charge on any atom is -0.456 e. The van der Waals surface area contributed by atoms with E-state index in [2.05, 4.69) is 21.1 Å². The molecule has 104 valence electrons. The second-order valence-corrected chi connectivity index (χ2v) is 5.19. The van der Waals surface area contributed by atoms with E-state index in [1.807, 2.05) is 0 Å². The number of benzene rings is 2. The summed E-state index contributed by atoms with van der Waals surface area (Å²) in [4.78, 5) is 0. The standard InChI is InChI=1S/C13H9BrClFN2O2/c14-7-3-9(16)6-10(4-7)20-12-2-1-8(15)5-11(12)13(17)18-19/h1-6,19H,(H2,17,18). The zero-order chi connectivity index (χ0) is 14.7. The lowest BCUT2D eigenvalue weighted by Gasteiger charge is -2.11. The topological polar surface area (TPSA) is 67.8 Å². The van der Waals surface area contributed by atoms with Gasteiger partial charge in [0.1, 0.15) is 17.3 Å². The molecule has 0 unspecified atom stereocenters. The highest BCUT2D eigenvalue weighted by Gasteiger charge is 2.11. The molecule has 0 heterocycles. The summed E-state index contributed by atoms with van der Waals surface area (Å²) in [6, 6.07) is 8.73. The van der Waals surface area contributed by atoms with Gasteiger partial charge in [-0.15, -0.1) is 0 Å². The first kappa shape index (κ1) is 14.6. The number of hydrogen-bond donors (Lipinski definition) is 2. The molecule has 7 heteroatoms. The highest BCUT2D eigenvalue weighted by Crippen LogP contribution is 2.30. The Labute approximate surface area is 127 Å². The van der Waals surface area contributed by atoms with Crippen LogP contribution in [0.25, 0.3) is 0 Å².